The average molecular weight is 898 g/mol. The van der Waals surface area contributed by atoms with Gasteiger partial charge in [-0.1, -0.05) is 200 Å². The van der Waals surface area contributed by atoms with Crippen LogP contribution < -0.4 is 0 Å². The third-order valence-corrected chi connectivity index (χ3v) is 16.5. The summed E-state index contributed by atoms with van der Waals surface area (Å²) in [5, 5.41) is 0. The first-order chi connectivity index (χ1) is 34.6. The van der Waals surface area contributed by atoms with E-state index < -0.39 is 0 Å². The van der Waals surface area contributed by atoms with Crippen molar-refractivity contribution in [2.45, 2.75) is 37.5 Å². The Labute approximate surface area is 410 Å². The van der Waals surface area contributed by atoms with Crippen LogP contribution in [-0.4, -0.2) is 15.0 Å². The van der Waals surface area contributed by atoms with Crippen LogP contribution in [0, 0.1) is 23.7 Å². The zero-order chi connectivity index (χ0) is 46.2. The highest BCUT2D eigenvalue weighted by atomic mass is 15.0. The SMILES string of the molecule is c1ccc(-c2ccc(-c3cc(-c4ccc5c(c4)C4(c6ccccc6-5)C5CC6CC(C5)CC4C6)cc(-c4nc(-c5ccc(-c6ccccc6)cc5)nc(-c5ccc(-c6ccccc6)cc5)n4)c3)cc2)cc1. The van der Waals surface area contributed by atoms with E-state index in [4.69, 9.17) is 15.0 Å². The lowest BCUT2D eigenvalue weighted by Crippen LogP contribution is -2.55. The van der Waals surface area contributed by atoms with E-state index in [-0.39, 0.29) is 5.41 Å². The highest BCUT2D eigenvalue weighted by Crippen LogP contribution is 2.69. The molecule has 3 nitrogen and oxygen atoms in total. The van der Waals surface area contributed by atoms with Gasteiger partial charge in [0.25, 0.3) is 0 Å². The van der Waals surface area contributed by atoms with Crippen LogP contribution in [0.4, 0.5) is 0 Å². The maximum atomic E-state index is 5.37. The molecule has 4 saturated carbocycles. The summed E-state index contributed by atoms with van der Waals surface area (Å²) in [5.74, 6) is 5.09. The average Bonchev–Trinajstić information content (AvgIpc) is 3.73. The normalized spacial score (nSPS) is 20.3. The topological polar surface area (TPSA) is 38.7 Å². The van der Waals surface area contributed by atoms with Crippen LogP contribution in [0.5, 0.6) is 0 Å². The minimum Gasteiger partial charge on any atom is -0.208 e. The Morgan fingerprint density at radius 3 is 1.09 bits per heavy atom. The molecule has 1 heterocycles. The Morgan fingerprint density at radius 2 is 0.600 bits per heavy atom. The number of benzene rings is 9. The largest absolute Gasteiger partial charge is 0.208 e. The molecule has 0 amide bonds. The van der Waals surface area contributed by atoms with Crippen LogP contribution >= 0.6 is 0 Å². The van der Waals surface area contributed by atoms with Crippen LogP contribution in [0.15, 0.2) is 224 Å². The Hall–Kier alpha value is -8.01. The third kappa shape index (κ3) is 6.90. The van der Waals surface area contributed by atoms with Gasteiger partial charge in [0.1, 0.15) is 0 Å². The first-order valence-corrected chi connectivity index (χ1v) is 25.2. The van der Waals surface area contributed by atoms with E-state index in [1.54, 1.807) is 11.1 Å². The molecule has 5 aliphatic carbocycles. The first kappa shape index (κ1) is 41.0. The molecule has 0 aliphatic heterocycles. The first-order valence-electron chi connectivity index (χ1n) is 25.2. The summed E-state index contributed by atoms with van der Waals surface area (Å²) in [7, 11) is 0. The molecule has 4 fully saturated rings. The van der Waals surface area contributed by atoms with Gasteiger partial charge in [-0.2, -0.15) is 0 Å². The van der Waals surface area contributed by atoms with Gasteiger partial charge >= 0.3 is 0 Å². The van der Waals surface area contributed by atoms with Crippen molar-refractivity contribution in [1.82, 2.24) is 15.0 Å². The standard InChI is InChI=1S/C67H51N3/c1-4-12-45(13-5-1)48-20-22-51(23-21-48)55-39-56(54-32-33-61-60-18-10-11-19-62(60)67(63(61)42-54)58-35-43-34-44(37-58)38-59(67)36-43)41-57(40-55)66-69-64(52-28-24-49(25-29-52)46-14-6-2-7-15-46)68-65(70-66)53-30-26-50(27-31-53)47-16-8-3-9-17-47/h1-33,39-44,58-59H,34-38H2. The van der Waals surface area contributed by atoms with Crippen LogP contribution in [0.25, 0.3) is 101 Å². The summed E-state index contributed by atoms with van der Waals surface area (Å²) < 4.78 is 0. The van der Waals surface area contributed by atoms with E-state index in [1.165, 1.54) is 76.6 Å². The van der Waals surface area contributed by atoms with E-state index >= 15 is 0 Å². The smallest absolute Gasteiger partial charge is 0.164 e. The lowest BCUT2D eigenvalue weighted by molar-refractivity contribution is -0.0399. The van der Waals surface area contributed by atoms with Crippen LogP contribution in [0.3, 0.4) is 0 Å². The summed E-state index contributed by atoms with van der Waals surface area (Å²) in [6, 6.07) is 81.8. The molecular formula is C67H51N3. The molecule has 70 heavy (non-hydrogen) atoms. The highest BCUT2D eigenvalue weighted by molar-refractivity contribution is 5.87. The molecule has 0 atom stereocenters. The van der Waals surface area contributed by atoms with Crippen LogP contribution in [0.1, 0.15) is 43.2 Å². The van der Waals surface area contributed by atoms with E-state index in [1.807, 2.05) is 0 Å². The fourth-order valence-corrected chi connectivity index (χ4v) is 13.6. The summed E-state index contributed by atoms with van der Waals surface area (Å²) >= 11 is 0. The number of rotatable bonds is 8. The molecule has 9 aromatic carbocycles. The number of fused-ring (bicyclic) bond motifs is 3. The van der Waals surface area contributed by atoms with Gasteiger partial charge in [0.2, 0.25) is 0 Å². The molecule has 1 aromatic heterocycles. The molecule has 4 bridgehead atoms. The van der Waals surface area contributed by atoms with E-state index in [2.05, 4.69) is 224 Å². The molecule has 0 unspecified atom stereocenters. The van der Waals surface area contributed by atoms with Crippen LogP contribution in [0.2, 0.25) is 0 Å². The zero-order valence-corrected chi connectivity index (χ0v) is 39.0. The minimum atomic E-state index is 0.0766. The molecule has 5 aliphatic rings. The van der Waals surface area contributed by atoms with Gasteiger partial charge in [-0.3, -0.25) is 0 Å². The van der Waals surface area contributed by atoms with Crippen molar-refractivity contribution in [3.05, 3.63) is 236 Å². The minimum absolute atomic E-state index is 0.0766. The molecule has 334 valence electrons. The second-order valence-corrected chi connectivity index (χ2v) is 20.4. The van der Waals surface area contributed by atoms with E-state index in [9.17, 15) is 0 Å². The second kappa shape index (κ2) is 16.6. The van der Waals surface area contributed by atoms with Gasteiger partial charge in [0, 0.05) is 22.1 Å². The quantitative estimate of drug-likeness (QED) is 0.153. The Balaban J connectivity index is 0.938. The number of nitrogens with zero attached hydrogens (tertiary/aromatic N) is 3. The number of hydrogen-bond donors (Lipinski definition) is 0. The Bertz CT molecular complexity index is 3430. The lowest BCUT2D eigenvalue weighted by atomic mass is 9.43. The second-order valence-electron chi connectivity index (χ2n) is 20.4. The zero-order valence-electron chi connectivity index (χ0n) is 39.0. The maximum absolute atomic E-state index is 5.37. The summed E-state index contributed by atoms with van der Waals surface area (Å²) in [6.45, 7) is 0. The summed E-state index contributed by atoms with van der Waals surface area (Å²) in [5.41, 5.74) is 20.7. The summed E-state index contributed by atoms with van der Waals surface area (Å²) in [4.78, 5) is 16.0. The van der Waals surface area contributed by atoms with Gasteiger partial charge in [-0.15, -0.1) is 0 Å². The van der Waals surface area contributed by atoms with E-state index in [0.717, 1.165) is 50.8 Å². The van der Waals surface area contributed by atoms with Gasteiger partial charge in [-0.05, 0) is 158 Å². The fraction of sp³-hybridized carbons (Fsp3) is 0.149. The molecule has 10 aromatic rings. The molecule has 0 saturated heterocycles. The van der Waals surface area contributed by atoms with E-state index in [0.29, 0.717) is 29.3 Å². The molecule has 15 rings (SSSR count). The van der Waals surface area contributed by atoms with Crippen molar-refractivity contribution in [3.63, 3.8) is 0 Å². The van der Waals surface area contributed by atoms with Crippen molar-refractivity contribution in [3.8, 4) is 101 Å². The van der Waals surface area contributed by atoms with Crippen molar-refractivity contribution in [2.24, 2.45) is 23.7 Å². The lowest BCUT2D eigenvalue weighted by Gasteiger charge is -2.61. The molecule has 3 heteroatoms. The van der Waals surface area contributed by atoms with Crippen molar-refractivity contribution >= 4 is 0 Å². The molecule has 0 N–H and O–H groups in total. The van der Waals surface area contributed by atoms with Gasteiger partial charge in [0.15, 0.2) is 17.5 Å². The maximum Gasteiger partial charge on any atom is 0.164 e. The Kier molecular flexibility index (Phi) is 9.72. The third-order valence-electron chi connectivity index (χ3n) is 16.5. The van der Waals surface area contributed by atoms with Crippen molar-refractivity contribution in [2.75, 3.05) is 0 Å². The monoisotopic (exact) mass is 897 g/mol. The Morgan fingerprint density at radius 1 is 0.257 bits per heavy atom. The summed E-state index contributed by atoms with van der Waals surface area (Å²) in [6.07, 6.45) is 6.88. The van der Waals surface area contributed by atoms with Crippen molar-refractivity contribution < 1.29 is 0 Å². The number of hydrogen-bond acceptors (Lipinski definition) is 3. The van der Waals surface area contributed by atoms with Gasteiger partial charge < -0.3 is 0 Å². The molecule has 1 spiro atoms. The predicted octanol–water partition coefficient (Wildman–Crippen LogP) is 16.9. The van der Waals surface area contributed by atoms with Gasteiger partial charge in [-0.25, -0.2) is 15.0 Å². The predicted molar refractivity (Wildman–Crippen MR) is 287 cm³/mol. The van der Waals surface area contributed by atoms with Crippen LogP contribution in [-0.2, 0) is 5.41 Å². The molecule has 0 radical (unpaired) electrons. The fourth-order valence-electron chi connectivity index (χ4n) is 13.6. The molecular weight excluding hydrogens is 847 g/mol. The van der Waals surface area contributed by atoms with Crippen molar-refractivity contribution in [1.29, 1.82) is 0 Å². The van der Waals surface area contributed by atoms with Gasteiger partial charge in [0.05, 0.1) is 0 Å². The number of aromatic nitrogens is 3. The highest BCUT2D eigenvalue weighted by Gasteiger charge is 2.61.